The maximum absolute atomic E-state index is 6.10. The largest absolute Gasteiger partial charge is 0.330 e. The van der Waals surface area contributed by atoms with E-state index in [0.29, 0.717) is 5.41 Å². The summed E-state index contributed by atoms with van der Waals surface area (Å²) >= 11 is 0. The van der Waals surface area contributed by atoms with Gasteiger partial charge < -0.3 is 5.73 Å². The molecule has 2 rings (SSSR count). The summed E-state index contributed by atoms with van der Waals surface area (Å²) < 4.78 is 0. The summed E-state index contributed by atoms with van der Waals surface area (Å²) in [6.45, 7) is 7.54. The smallest absolute Gasteiger partial charge is 0.00172 e. The fourth-order valence-electron chi connectivity index (χ4n) is 3.44. The van der Waals surface area contributed by atoms with Crippen LogP contribution in [0.5, 0.6) is 0 Å². The van der Waals surface area contributed by atoms with E-state index >= 15 is 0 Å². The lowest BCUT2D eigenvalue weighted by molar-refractivity contribution is 0.290. The van der Waals surface area contributed by atoms with Crippen molar-refractivity contribution in [1.29, 1.82) is 0 Å². The lowest BCUT2D eigenvalue weighted by Gasteiger charge is -2.28. The molecule has 0 aliphatic heterocycles. The molecule has 1 aliphatic carbocycles. The van der Waals surface area contributed by atoms with Gasteiger partial charge in [-0.05, 0) is 74.1 Å². The van der Waals surface area contributed by atoms with Gasteiger partial charge in [-0.2, -0.15) is 0 Å². The fourth-order valence-corrected chi connectivity index (χ4v) is 3.44. The highest BCUT2D eigenvalue weighted by Crippen LogP contribution is 2.44. The van der Waals surface area contributed by atoms with Gasteiger partial charge in [0.1, 0.15) is 0 Å². The molecule has 0 saturated heterocycles. The summed E-state index contributed by atoms with van der Waals surface area (Å²) in [6.07, 6.45) is 6.50. The third kappa shape index (κ3) is 2.77. The third-order valence-corrected chi connectivity index (χ3v) is 4.97. The van der Waals surface area contributed by atoms with E-state index in [2.05, 4.69) is 39.0 Å². The topological polar surface area (TPSA) is 26.0 Å². The molecule has 2 N–H and O–H groups in total. The maximum atomic E-state index is 6.10. The van der Waals surface area contributed by atoms with Crippen LogP contribution in [-0.4, -0.2) is 6.54 Å². The van der Waals surface area contributed by atoms with Crippen LogP contribution in [-0.2, 0) is 6.42 Å². The van der Waals surface area contributed by atoms with Gasteiger partial charge in [-0.1, -0.05) is 31.5 Å². The SMILES string of the molecule is CCC1CCC(CN)(Cc2ccc(C)c(C)c2)C1. The van der Waals surface area contributed by atoms with Crippen LogP contribution in [0.4, 0.5) is 0 Å². The molecule has 0 amide bonds. The highest BCUT2D eigenvalue weighted by molar-refractivity contribution is 5.30. The average Bonchev–Trinajstić information content (AvgIpc) is 2.78. The van der Waals surface area contributed by atoms with Gasteiger partial charge in [0.05, 0.1) is 0 Å². The standard InChI is InChI=1S/C17H27N/c1-4-15-7-8-17(10-15,12-18)11-16-6-5-13(2)14(3)9-16/h5-6,9,15H,4,7-8,10-12,18H2,1-3H3. The number of hydrogen-bond acceptors (Lipinski definition) is 1. The molecule has 1 aromatic rings. The minimum Gasteiger partial charge on any atom is -0.330 e. The van der Waals surface area contributed by atoms with E-state index < -0.39 is 0 Å². The Bertz CT molecular complexity index is 410. The van der Waals surface area contributed by atoms with Crippen LogP contribution in [0.15, 0.2) is 18.2 Å². The molecule has 1 nitrogen and oxygen atoms in total. The minimum atomic E-state index is 0.377. The van der Waals surface area contributed by atoms with Crippen molar-refractivity contribution in [3.63, 3.8) is 0 Å². The van der Waals surface area contributed by atoms with Crippen LogP contribution in [0.25, 0.3) is 0 Å². The minimum absolute atomic E-state index is 0.377. The molecular weight excluding hydrogens is 218 g/mol. The van der Waals surface area contributed by atoms with Gasteiger partial charge >= 0.3 is 0 Å². The molecule has 18 heavy (non-hydrogen) atoms. The van der Waals surface area contributed by atoms with Crippen molar-refractivity contribution in [1.82, 2.24) is 0 Å². The molecule has 1 saturated carbocycles. The van der Waals surface area contributed by atoms with Crippen LogP contribution >= 0.6 is 0 Å². The van der Waals surface area contributed by atoms with Crippen LogP contribution in [0.2, 0.25) is 0 Å². The number of rotatable bonds is 4. The van der Waals surface area contributed by atoms with E-state index in [1.54, 1.807) is 0 Å². The summed E-state index contributed by atoms with van der Waals surface area (Å²) in [5, 5.41) is 0. The first-order chi connectivity index (χ1) is 8.58. The van der Waals surface area contributed by atoms with Gasteiger partial charge in [0.25, 0.3) is 0 Å². The molecule has 2 unspecified atom stereocenters. The van der Waals surface area contributed by atoms with Gasteiger partial charge in [0, 0.05) is 0 Å². The second-order valence-electron chi connectivity index (χ2n) is 6.32. The van der Waals surface area contributed by atoms with Crippen molar-refractivity contribution in [2.45, 2.75) is 52.9 Å². The molecule has 0 bridgehead atoms. The van der Waals surface area contributed by atoms with Gasteiger partial charge in [0.2, 0.25) is 0 Å². The van der Waals surface area contributed by atoms with Gasteiger partial charge in [0.15, 0.2) is 0 Å². The Labute approximate surface area is 112 Å². The van der Waals surface area contributed by atoms with Crippen molar-refractivity contribution >= 4 is 0 Å². The van der Waals surface area contributed by atoms with E-state index in [4.69, 9.17) is 5.73 Å². The second kappa shape index (κ2) is 5.44. The number of benzene rings is 1. The lowest BCUT2D eigenvalue weighted by atomic mass is 9.79. The molecule has 0 aromatic heterocycles. The van der Waals surface area contributed by atoms with Crippen molar-refractivity contribution in [2.24, 2.45) is 17.1 Å². The van der Waals surface area contributed by atoms with Crippen LogP contribution in [0.1, 0.15) is 49.3 Å². The summed E-state index contributed by atoms with van der Waals surface area (Å²) in [6, 6.07) is 6.90. The number of hydrogen-bond donors (Lipinski definition) is 1. The molecule has 1 heteroatoms. The van der Waals surface area contributed by atoms with E-state index in [1.807, 2.05) is 0 Å². The van der Waals surface area contributed by atoms with Gasteiger partial charge in [-0.25, -0.2) is 0 Å². The molecular formula is C17H27N. The van der Waals surface area contributed by atoms with Crippen LogP contribution in [0, 0.1) is 25.2 Å². The summed E-state index contributed by atoms with van der Waals surface area (Å²) in [5.41, 5.74) is 10.7. The van der Waals surface area contributed by atoms with E-state index in [-0.39, 0.29) is 0 Å². The van der Waals surface area contributed by atoms with Gasteiger partial charge in [-0.3, -0.25) is 0 Å². The lowest BCUT2D eigenvalue weighted by Crippen LogP contribution is -2.30. The quantitative estimate of drug-likeness (QED) is 0.852. The molecule has 0 heterocycles. The van der Waals surface area contributed by atoms with Crippen LogP contribution in [0.3, 0.4) is 0 Å². The average molecular weight is 245 g/mol. The highest BCUT2D eigenvalue weighted by Gasteiger charge is 2.37. The third-order valence-electron chi connectivity index (χ3n) is 4.97. The van der Waals surface area contributed by atoms with Crippen molar-refractivity contribution in [3.8, 4) is 0 Å². The first kappa shape index (κ1) is 13.6. The molecule has 2 atom stereocenters. The van der Waals surface area contributed by atoms with Crippen LogP contribution < -0.4 is 5.73 Å². The first-order valence-electron chi connectivity index (χ1n) is 7.35. The summed E-state index contributed by atoms with van der Waals surface area (Å²) in [7, 11) is 0. The first-order valence-corrected chi connectivity index (χ1v) is 7.35. The number of nitrogens with two attached hydrogens (primary N) is 1. The Hall–Kier alpha value is -0.820. The predicted octanol–water partition coefficient (Wildman–Crippen LogP) is 4.00. The van der Waals surface area contributed by atoms with Crippen molar-refractivity contribution < 1.29 is 0 Å². The second-order valence-corrected chi connectivity index (χ2v) is 6.32. The zero-order valence-electron chi connectivity index (χ0n) is 12.1. The number of aryl methyl sites for hydroxylation is 2. The molecule has 1 aromatic carbocycles. The van der Waals surface area contributed by atoms with E-state index in [0.717, 1.165) is 12.5 Å². The zero-order valence-corrected chi connectivity index (χ0v) is 12.1. The Morgan fingerprint density at radius 1 is 1.28 bits per heavy atom. The van der Waals surface area contributed by atoms with Gasteiger partial charge in [-0.15, -0.1) is 0 Å². The molecule has 1 fully saturated rings. The Morgan fingerprint density at radius 3 is 2.61 bits per heavy atom. The summed E-state index contributed by atoms with van der Waals surface area (Å²) in [4.78, 5) is 0. The maximum Gasteiger partial charge on any atom is -0.00172 e. The van der Waals surface area contributed by atoms with E-state index in [1.165, 1.54) is 48.8 Å². The normalized spacial score (nSPS) is 27.7. The van der Waals surface area contributed by atoms with E-state index in [9.17, 15) is 0 Å². The summed E-state index contributed by atoms with van der Waals surface area (Å²) in [5.74, 6) is 0.903. The predicted molar refractivity (Wildman–Crippen MR) is 78.7 cm³/mol. The monoisotopic (exact) mass is 245 g/mol. The Kier molecular flexibility index (Phi) is 4.11. The highest BCUT2D eigenvalue weighted by atomic mass is 14.6. The zero-order chi connectivity index (χ0) is 13.2. The van der Waals surface area contributed by atoms with Crippen molar-refractivity contribution in [2.75, 3.05) is 6.54 Å². The van der Waals surface area contributed by atoms with Crippen molar-refractivity contribution in [3.05, 3.63) is 34.9 Å². The fraction of sp³-hybridized carbons (Fsp3) is 0.647. The Morgan fingerprint density at radius 2 is 2.06 bits per heavy atom. The molecule has 0 radical (unpaired) electrons. The Balaban J connectivity index is 2.13. The molecule has 1 aliphatic rings. The molecule has 100 valence electrons. The molecule has 0 spiro atoms.